The lowest BCUT2D eigenvalue weighted by atomic mass is 10.0. The van der Waals surface area contributed by atoms with E-state index in [1.54, 1.807) is 0 Å². The predicted octanol–water partition coefficient (Wildman–Crippen LogP) is -1.36. The van der Waals surface area contributed by atoms with Gasteiger partial charge in [-0.2, -0.15) is 0 Å². The molecule has 2 aliphatic rings. The van der Waals surface area contributed by atoms with Gasteiger partial charge in [0.25, 0.3) is 0 Å². The lowest BCUT2D eigenvalue weighted by Crippen LogP contribution is -2.55. The Labute approximate surface area is 72.3 Å². The fourth-order valence-electron chi connectivity index (χ4n) is 1.61. The van der Waals surface area contributed by atoms with Gasteiger partial charge in [0.05, 0.1) is 5.92 Å². The van der Waals surface area contributed by atoms with Gasteiger partial charge in [0.2, 0.25) is 5.91 Å². The zero-order valence-electron chi connectivity index (χ0n) is 7.18. The molecule has 1 amide bonds. The van der Waals surface area contributed by atoms with Gasteiger partial charge in [-0.15, -0.1) is 0 Å². The Morgan fingerprint density at radius 2 is 1.83 bits per heavy atom. The number of carbonyl (C=O) groups excluding carboxylic acids is 1. The average molecular weight is 169 g/mol. The standard InChI is InChI=1S/C8H15N3O/c12-8(7-5-10-6-7)11-3-1-9-2-4-11/h7,9-10H,1-6H2. The van der Waals surface area contributed by atoms with Gasteiger partial charge in [-0.3, -0.25) is 4.79 Å². The van der Waals surface area contributed by atoms with E-state index in [2.05, 4.69) is 10.6 Å². The van der Waals surface area contributed by atoms with E-state index in [1.807, 2.05) is 4.90 Å². The molecule has 0 atom stereocenters. The van der Waals surface area contributed by atoms with E-state index in [9.17, 15) is 4.79 Å². The first-order chi connectivity index (χ1) is 5.88. The molecule has 0 saturated carbocycles. The Balaban J connectivity index is 1.84. The first-order valence-electron chi connectivity index (χ1n) is 4.58. The lowest BCUT2D eigenvalue weighted by Gasteiger charge is -2.34. The van der Waals surface area contributed by atoms with Gasteiger partial charge >= 0.3 is 0 Å². The van der Waals surface area contributed by atoms with Crippen molar-refractivity contribution in [3.05, 3.63) is 0 Å². The van der Waals surface area contributed by atoms with Crippen LogP contribution in [0.2, 0.25) is 0 Å². The average Bonchev–Trinajstić information content (AvgIpc) is 2.03. The number of carbonyl (C=O) groups is 1. The highest BCUT2D eigenvalue weighted by Gasteiger charge is 2.29. The van der Waals surface area contributed by atoms with Crippen molar-refractivity contribution in [2.45, 2.75) is 0 Å². The second-order valence-corrected chi connectivity index (χ2v) is 3.43. The zero-order valence-corrected chi connectivity index (χ0v) is 7.18. The Morgan fingerprint density at radius 1 is 1.17 bits per heavy atom. The zero-order chi connectivity index (χ0) is 8.39. The van der Waals surface area contributed by atoms with E-state index < -0.39 is 0 Å². The van der Waals surface area contributed by atoms with E-state index >= 15 is 0 Å². The molecule has 4 nitrogen and oxygen atoms in total. The third-order valence-corrected chi connectivity index (χ3v) is 2.56. The Kier molecular flexibility index (Phi) is 2.28. The highest BCUT2D eigenvalue weighted by Crippen LogP contribution is 2.08. The summed E-state index contributed by atoms with van der Waals surface area (Å²) in [4.78, 5) is 13.6. The monoisotopic (exact) mass is 169 g/mol. The summed E-state index contributed by atoms with van der Waals surface area (Å²) in [6.45, 7) is 5.42. The fraction of sp³-hybridized carbons (Fsp3) is 0.875. The molecule has 4 heteroatoms. The molecule has 0 aromatic heterocycles. The van der Waals surface area contributed by atoms with E-state index in [-0.39, 0.29) is 5.92 Å². The molecule has 2 aliphatic heterocycles. The third-order valence-electron chi connectivity index (χ3n) is 2.56. The van der Waals surface area contributed by atoms with Gasteiger partial charge in [0.1, 0.15) is 0 Å². The summed E-state index contributed by atoms with van der Waals surface area (Å²) in [5.74, 6) is 0.610. The summed E-state index contributed by atoms with van der Waals surface area (Å²) < 4.78 is 0. The minimum Gasteiger partial charge on any atom is -0.340 e. The van der Waals surface area contributed by atoms with Gasteiger partial charge in [0, 0.05) is 39.3 Å². The van der Waals surface area contributed by atoms with E-state index in [4.69, 9.17) is 0 Å². The molecular formula is C8H15N3O. The highest BCUT2D eigenvalue weighted by molar-refractivity contribution is 5.80. The topological polar surface area (TPSA) is 44.4 Å². The quantitative estimate of drug-likeness (QED) is 0.509. The molecule has 2 heterocycles. The maximum absolute atomic E-state index is 11.6. The van der Waals surface area contributed by atoms with Crippen LogP contribution in [-0.2, 0) is 4.79 Å². The van der Waals surface area contributed by atoms with Crippen LogP contribution in [0.25, 0.3) is 0 Å². The van der Waals surface area contributed by atoms with Crippen molar-refractivity contribution in [3.63, 3.8) is 0 Å². The van der Waals surface area contributed by atoms with Crippen molar-refractivity contribution >= 4 is 5.91 Å². The summed E-state index contributed by atoms with van der Waals surface area (Å²) in [6.07, 6.45) is 0. The van der Waals surface area contributed by atoms with Crippen LogP contribution in [0.3, 0.4) is 0 Å². The molecule has 2 fully saturated rings. The third kappa shape index (κ3) is 1.44. The molecule has 2 N–H and O–H groups in total. The van der Waals surface area contributed by atoms with Crippen LogP contribution in [0.4, 0.5) is 0 Å². The van der Waals surface area contributed by atoms with E-state index in [1.165, 1.54) is 0 Å². The van der Waals surface area contributed by atoms with Gasteiger partial charge in [-0.25, -0.2) is 0 Å². The first-order valence-corrected chi connectivity index (χ1v) is 4.58. The molecule has 0 aromatic carbocycles. The highest BCUT2D eigenvalue weighted by atomic mass is 16.2. The number of hydrogen-bond donors (Lipinski definition) is 2. The van der Waals surface area contributed by atoms with Crippen LogP contribution in [0.1, 0.15) is 0 Å². The summed E-state index contributed by atoms with van der Waals surface area (Å²) in [5.41, 5.74) is 0. The summed E-state index contributed by atoms with van der Waals surface area (Å²) in [7, 11) is 0. The van der Waals surface area contributed by atoms with Crippen molar-refractivity contribution in [1.29, 1.82) is 0 Å². The normalized spacial score (nSPS) is 25.2. The Bertz CT molecular complexity index is 173. The number of piperazine rings is 1. The number of nitrogens with one attached hydrogen (secondary N) is 2. The van der Waals surface area contributed by atoms with Crippen LogP contribution in [0, 0.1) is 5.92 Å². The van der Waals surface area contributed by atoms with Crippen LogP contribution >= 0.6 is 0 Å². The van der Waals surface area contributed by atoms with E-state index in [0.717, 1.165) is 39.3 Å². The van der Waals surface area contributed by atoms with Gasteiger partial charge in [-0.1, -0.05) is 0 Å². The molecule has 2 rings (SSSR count). The molecule has 12 heavy (non-hydrogen) atoms. The molecular weight excluding hydrogens is 154 g/mol. The fourth-order valence-corrected chi connectivity index (χ4v) is 1.61. The summed E-state index contributed by atoms with van der Waals surface area (Å²) in [5, 5.41) is 6.35. The number of amides is 1. The van der Waals surface area contributed by atoms with Crippen LogP contribution in [0.15, 0.2) is 0 Å². The number of rotatable bonds is 1. The van der Waals surface area contributed by atoms with Crippen LogP contribution in [-0.4, -0.2) is 50.1 Å². The molecule has 0 aliphatic carbocycles. The van der Waals surface area contributed by atoms with Gasteiger partial charge < -0.3 is 15.5 Å². The maximum Gasteiger partial charge on any atom is 0.228 e. The second-order valence-electron chi connectivity index (χ2n) is 3.43. The first kappa shape index (κ1) is 8.01. The molecule has 0 aromatic rings. The summed E-state index contributed by atoms with van der Waals surface area (Å²) in [6, 6.07) is 0. The molecule has 2 saturated heterocycles. The summed E-state index contributed by atoms with van der Waals surface area (Å²) >= 11 is 0. The maximum atomic E-state index is 11.6. The minimum absolute atomic E-state index is 0.267. The minimum atomic E-state index is 0.267. The second kappa shape index (κ2) is 3.41. The molecule has 0 spiro atoms. The molecule has 0 radical (unpaired) electrons. The number of hydrogen-bond acceptors (Lipinski definition) is 3. The van der Waals surface area contributed by atoms with Crippen molar-refractivity contribution in [3.8, 4) is 0 Å². The molecule has 0 unspecified atom stereocenters. The Morgan fingerprint density at radius 3 is 2.33 bits per heavy atom. The van der Waals surface area contributed by atoms with Crippen LogP contribution in [0.5, 0.6) is 0 Å². The van der Waals surface area contributed by atoms with Gasteiger partial charge in [-0.05, 0) is 0 Å². The SMILES string of the molecule is O=C(C1CNC1)N1CCNCC1. The predicted molar refractivity (Wildman–Crippen MR) is 45.8 cm³/mol. The van der Waals surface area contributed by atoms with Crippen molar-refractivity contribution in [2.75, 3.05) is 39.3 Å². The lowest BCUT2D eigenvalue weighted by molar-refractivity contribution is -0.137. The Hall–Kier alpha value is -0.610. The molecule has 68 valence electrons. The molecule has 0 bridgehead atoms. The van der Waals surface area contributed by atoms with Crippen molar-refractivity contribution in [1.82, 2.24) is 15.5 Å². The number of nitrogens with zero attached hydrogens (tertiary/aromatic N) is 1. The van der Waals surface area contributed by atoms with Crippen molar-refractivity contribution < 1.29 is 4.79 Å². The van der Waals surface area contributed by atoms with Crippen molar-refractivity contribution in [2.24, 2.45) is 5.92 Å². The van der Waals surface area contributed by atoms with Crippen LogP contribution < -0.4 is 10.6 Å². The smallest absolute Gasteiger partial charge is 0.228 e. The largest absolute Gasteiger partial charge is 0.340 e. The van der Waals surface area contributed by atoms with Gasteiger partial charge in [0.15, 0.2) is 0 Å². The van der Waals surface area contributed by atoms with E-state index in [0.29, 0.717) is 5.91 Å².